The summed E-state index contributed by atoms with van der Waals surface area (Å²) in [6, 6.07) is 0. The first-order valence-electron chi connectivity index (χ1n) is 4.49. The van der Waals surface area contributed by atoms with E-state index in [4.69, 9.17) is 19.7 Å². The number of rotatable bonds is 1. The van der Waals surface area contributed by atoms with Crippen molar-refractivity contribution in [3.8, 4) is 0 Å². The first-order chi connectivity index (χ1) is 6.34. The van der Waals surface area contributed by atoms with E-state index in [1.807, 2.05) is 0 Å². The standard InChI is InChI=1S/C6H10O3.C3H8O2/c1-8-5-3-2-4-9-6(5)7;1-3(2,4)5/h5H,2-4H2,1H3;4-5H,1-2H3. The quantitative estimate of drug-likeness (QED) is 0.468. The van der Waals surface area contributed by atoms with Crippen LogP contribution in [0.4, 0.5) is 0 Å². The van der Waals surface area contributed by atoms with Gasteiger partial charge in [-0.05, 0) is 26.7 Å². The van der Waals surface area contributed by atoms with E-state index in [1.54, 1.807) is 0 Å². The van der Waals surface area contributed by atoms with Crippen LogP contribution >= 0.6 is 0 Å². The Hall–Kier alpha value is -0.650. The molecule has 0 amide bonds. The van der Waals surface area contributed by atoms with E-state index in [9.17, 15) is 4.79 Å². The van der Waals surface area contributed by atoms with Crippen molar-refractivity contribution in [2.24, 2.45) is 0 Å². The topological polar surface area (TPSA) is 76.0 Å². The Balaban J connectivity index is 0.000000292. The molecule has 14 heavy (non-hydrogen) atoms. The average Bonchev–Trinajstić information content (AvgIpc) is 2.02. The molecular formula is C9H18O5. The van der Waals surface area contributed by atoms with Crippen LogP contribution in [0, 0.1) is 0 Å². The molecule has 2 N–H and O–H groups in total. The number of ether oxygens (including phenoxy) is 2. The van der Waals surface area contributed by atoms with Crippen LogP contribution in [0.1, 0.15) is 26.7 Å². The summed E-state index contributed by atoms with van der Waals surface area (Å²) in [6.07, 6.45) is 1.42. The highest BCUT2D eigenvalue weighted by molar-refractivity contribution is 5.75. The smallest absolute Gasteiger partial charge is 0.335 e. The summed E-state index contributed by atoms with van der Waals surface area (Å²) < 4.78 is 9.55. The minimum absolute atomic E-state index is 0.219. The summed E-state index contributed by atoms with van der Waals surface area (Å²) in [4.78, 5) is 10.7. The van der Waals surface area contributed by atoms with E-state index in [1.165, 1.54) is 21.0 Å². The lowest BCUT2D eigenvalue weighted by Crippen LogP contribution is -2.30. The van der Waals surface area contributed by atoms with E-state index < -0.39 is 5.79 Å². The van der Waals surface area contributed by atoms with Crippen LogP contribution in [-0.4, -0.2) is 41.8 Å². The Kier molecular flexibility index (Phi) is 5.68. The van der Waals surface area contributed by atoms with Gasteiger partial charge in [0.2, 0.25) is 0 Å². The highest BCUT2D eigenvalue weighted by Gasteiger charge is 2.22. The highest BCUT2D eigenvalue weighted by atomic mass is 16.6. The van der Waals surface area contributed by atoms with Gasteiger partial charge in [-0.25, -0.2) is 4.79 Å². The molecule has 0 aromatic heterocycles. The molecule has 84 valence electrons. The molecule has 1 aliphatic heterocycles. The van der Waals surface area contributed by atoms with Crippen LogP contribution in [0.2, 0.25) is 0 Å². The molecule has 1 heterocycles. The lowest BCUT2D eigenvalue weighted by Gasteiger charge is -2.18. The van der Waals surface area contributed by atoms with Crippen molar-refractivity contribution in [1.29, 1.82) is 0 Å². The van der Waals surface area contributed by atoms with E-state index in [2.05, 4.69) is 0 Å². The van der Waals surface area contributed by atoms with Crippen molar-refractivity contribution < 1.29 is 24.5 Å². The fraction of sp³-hybridized carbons (Fsp3) is 0.889. The first-order valence-corrected chi connectivity index (χ1v) is 4.49. The first kappa shape index (κ1) is 13.4. The second-order valence-corrected chi connectivity index (χ2v) is 3.53. The fourth-order valence-corrected chi connectivity index (χ4v) is 0.866. The molecule has 1 fully saturated rings. The third-order valence-corrected chi connectivity index (χ3v) is 1.40. The monoisotopic (exact) mass is 206 g/mol. The molecule has 0 radical (unpaired) electrons. The van der Waals surface area contributed by atoms with Crippen molar-refractivity contribution in [2.75, 3.05) is 13.7 Å². The molecule has 1 aliphatic rings. The van der Waals surface area contributed by atoms with Gasteiger partial charge in [-0.1, -0.05) is 0 Å². The van der Waals surface area contributed by atoms with Gasteiger partial charge in [-0.3, -0.25) is 0 Å². The third-order valence-electron chi connectivity index (χ3n) is 1.40. The molecule has 0 aliphatic carbocycles. The zero-order valence-electron chi connectivity index (χ0n) is 8.82. The lowest BCUT2D eigenvalue weighted by atomic mass is 10.2. The number of aliphatic hydroxyl groups is 2. The Morgan fingerprint density at radius 2 is 2.00 bits per heavy atom. The maximum Gasteiger partial charge on any atom is 0.335 e. The molecule has 1 atom stereocenters. The Morgan fingerprint density at radius 1 is 1.50 bits per heavy atom. The van der Waals surface area contributed by atoms with Crippen molar-refractivity contribution >= 4 is 5.97 Å². The molecule has 1 rings (SSSR count). The largest absolute Gasteiger partial charge is 0.464 e. The van der Waals surface area contributed by atoms with Crippen LogP contribution in [0.3, 0.4) is 0 Å². The van der Waals surface area contributed by atoms with Gasteiger partial charge in [0, 0.05) is 7.11 Å². The van der Waals surface area contributed by atoms with Crippen LogP contribution in [0.5, 0.6) is 0 Å². The van der Waals surface area contributed by atoms with Gasteiger partial charge >= 0.3 is 5.97 Å². The number of carbonyl (C=O) groups excluding carboxylic acids is 1. The van der Waals surface area contributed by atoms with E-state index >= 15 is 0 Å². The van der Waals surface area contributed by atoms with Gasteiger partial charge in [0.1, 0.15) is 0 Å². The molecular weight excluding hydrogens is 188 g/mol. The number of cyclic esters (lactones) is 1. The number of carbonyl (C=O) groups is 1. The Labute approximate surface area is 83.6 Å². The van der Waals surface area contributed by atoms with Crippen LogP contribution in [0.25, 0.3) is 0 Å². The highest BCUT2D eigenvalue weighted by Crippen LogP contribution is 2.09. The molecule has 0 aromatic rings. The number of hydrogen-bond acceptors (Lipinski definition) is 5. The lowest BCUT2D eigenvalue weighted by molar-refractivity contribution is -0.160. The maximum absolute atomic E-state index is 10.7. The second kappa shape index (κ2) is 5.95. The zero-order chi connectivity index (χ0) is 11.2. The predicted molar refractivity (Wildman–Crippen MR) is 49.5 cm³/mol. The molecule has 0 aromatic carbocycles. The van der Waals surface area contributed by atoms with Crippen LogP contribution in [0.15, 0.2) is 0 Å². The molecule has 5 heteroatoms. The number of hydrogen-bond donors (Lipinski definition) is 2. The van der Waals surface area contributed by atoms with Crippen LogP contribution in [-0.2, 0) is 14.3 Å². The maximum atomic E-state index is 10.7. The van der Waals surface area contributed by atoms with Gasteiger partial charge in [-0.2, -0.15) is 0 Å². The molecule has 1 unspecified atom stereocenters. The van der Waals surface area contributed by atoms with E-state index in [0.29, 0.717) is 6.61 Å². The van der Waals surface area contributed by atoms with Gasteiger partial charge in [0.25, 0.3) is 0 Å². The summed E-state index contributed by atoms with van der Waals surface area (Å²) in [7, 11) is 1.53. The zero-order valence-corrected chi connectivity index (χ0v) is 8.82. The average molecular weight is 206 g/mol. The van der Waals surface area contributed by atoms with Crippen molar-refractivity contribution in [1.82, 2.24) is 0 Å². The Bertz CT molecular complexity index is 167. The summed E-state index contributed by atoms with van der Waals surface area (Å²) in [5.41, 5.74) is 0. The fourth-order valence-electron chi connectivity index (χ4n) is 0.866. The molecule has 5 nitrogen and oxygen atoms in total. The van der Waals surface area contributed by atoms with Gasteiger partial charge in [-0.15, -0.1) is 0 Å². The minimum atomic E-state index is -1.50. The summed E-state index contributed by atoms with van der Waals surface area (Å²) in [5.74, 6) is -1.72. The molecule has 0 bridgehead atoms. The summed E-state index contributed by atoms with van der Waals surface area (Å²) in [6.45, 7) is 3.15. The van der Waals surface area contributed by atoms with Crippen molar-refractivity contribution in [3.05, 3.63) is 0 Å². The van der Waals surface area contributed by atoms with Gasteiger partial charge in [0.15, 0.2) is 11.9 Å². The number of methoxy groups -OCH3 is 1. The predicted octanol–water partition coefficient (Wildman–Crippen LogP) is 0.0455. The third kappa shape index (κ3) is 7.97. The van der Waals surface area contributed by atoms with Gasteiger partial charge in [0.05, 0.1) is 6.61 Å². The minimum Gasteiger partial charge on any atom is -0.464 e. The van der Waals surface area contributed by atoms with Gasteiger partial charge < -0.3 is 19.7 Å². The molecule has 0 saturated carbocycles. The number of esters is 1. The van der Waals surface area contributed by atoms with Crippen molar-refractivity contribution in [2.45, 2.75) is 38.6 Å². The summed E-state index contributed by atoms with van der Waals surface area (Å²) >= 11 is 0. The Morgan fingerprint density at radius 3 is 2.29 bits per heavy atom. The second-order valence-electron chi connectivity index (χ2n) is 3.53. The van der Waals surface area contributed by atoms with E-state index in [0.717, 1.165) is 12.8 Å². The van der Waals surface area contributed by atoms with E-state index in [-0.39, 0.29) is 12.1 Å². The molecule has 0 spiro atoms. The van der Waals surface area contributed by atoms with Crippen molar-refractivity contribution in [3.63, 3.8) is 0 Å². The SMILES string of the molecule is CC(C)(O)O.COC1CCCOC1=O. The van der Waals surface area contributed by atoms with Crippen LogP contribution < -0.4 is 0 Å². The summed E-state index contributed by atoms with van der Waals surface area (Å²) in [5, 5.41) is 16.2. The molecule has 1 saturated heterocycles. The normalized spacial score (nSPS) is 22.1.